The van der Waals surface area contributed by atoms with Gasteiger partial charge in [0.15, 0.2) is 11.0 Å². The lowest BCUT2D eigenvalue weighted by Gasteiger charge is -2.06. The standard InChI is InChI=1S/C19H20N4O2S/c1-23-18(14-8-10-16(25-2)11-9-14)21-22-19(23)26-13-12-17(24)20-15-6-4-3-5-7-15/h3-11H,12-13H2,1-2H3,(H,20,24). The fraction of sp³-hybridized carbons (Fsp3) is 0.211. The van der Waals surface area contributed by atoms with E-state index >= 15 is 0 Å². The number of aromatic nitrogens is 3. The molecule has 0 aliphatic rings. The SMILES string of the molecule is COc1ccc(-c2nnc(SCCC(=O)Nc3ccccc3)n2C)cc1. The number of methoxy groups -OCH3 is 1. The molecule has 0 spiro atoms. The lowest BCUT2D eigenvalue weighted by atomic mass is 10.2. The van der Waals surface area contributed by atoms with Gasteiger partial charge < -0.3 is 14.6 Å². The monoisotopic (exact) mass is 368 g/mol. The van der Waals surface area contributed by atoms with Gasteiger partial charge in [0, 0.05) is 30.5 Å². The molecule has 0 aliphatic carbocycles. The van der Waals surface area contributed by atoms with Crippen LogP contribution >= 0.6 is 11.8 Å². The Morgan fingerprint density at radius 3 is 2.54 bits per heavy atom. The fourth-order valence-electron chi connectivity index (χ4n) is 2.41. The first-order chi connectivity index (χ1) is 12.7. The number of para-hydroxylation sites is 1. The number of hydrogen-bond acceptors (Lipinski definition) is 5. The molecule has 6 nitrogen and oxygen atoms in total. The van der Waals surface area contributed by atoms with Crippen molar-refractivity contribution >= 4 is 23.4 Å². The summed E-state index contributed by atoms with van der Waals surface area (Å²) < 4.78 is 7.11. The minimum Gasteiger partial charge on any atom is -0.497 e. The van der Waals surface area contributed by atoms with Gasteiger partial charge in [-0.05, 0) is 36.4 Å². The molecule has 26 heavy (non-hydrogen) atoms. The maximum Gasteiger partial charge on any atom is 0.225 e. The molecule has 1 amide bonds. The molecular weight excluding hydrogens is 348 g/mol. The zero-order valence-corrected chi connectivity index (χ0v) is 15.5. The minimum atomic E-state index is -0.0127. The third-order valence-electron chi connectivity index (χ3n) is 3.80. The molecule has 7 heteroatoms. The van der Waals surface area contributed by atoms with Crippen LogP contribution in [-0.2, 0) is 11.8 Å². The third kappa shape index (κ3) is 4.43. The van der Waals surface area contributed by atoms with Gasteiger partial charge in [0.25, 0.3) is 0 Å². The number of amides is 1. The zero-order chi connectivity index (χ0) is 18.4. The molecule has 1 aromatic heterocycles. The van der Waals surface area contributed by atoms with Crippen molar-refractivity contribution < 1.29 is 9.53 Å². The predicted molar refractivity (Wildman–Crippen MR) is 103 cm³/mol. The van der Waals surface area contributed by atoms with E-state index in [1.165, 1.54) is 11.8 Å². The number of carbonyl (C=O) groups is 1. The van der Waals surface area contributed by atoms with Crippen molar-refractivity contribution in [1.82, 2.24) is 14.8 Å². The molecule has 0 aliphatic heterocycles. The summed E-state index contributed by atoms with van der Waals surface area (Å²) in [5.74, 6) is 2.20. The molecule has 3 rings (SSSR count). The lowest BCUT2D eigenvalue weighted by molar-refractivity contribution is -0.115. The summed E-state index contributed by atoms with van der Waals surface area (Å²) >= 11 is 1.51. The lowest BCUT2D eigenvalue weighted by Crippen LogP contribution is -2.12. The second kappa shape index (κ2) is 8.53. The summed E-state index contributed by atoms with van der Waals surface area (Å²) in [4.78, 5) is 12.0. The fourth-order valence-corrected chi connectivity index (χ4v) is 3.26. The Labute approximate surface area is 156 Å². The Hall–Kier alpha value is -2.80. The number of anilines is 1. The van der Waals surface area contributed by atoms with Crippen LogP contribution in [0.4, 0.5) is 5.69 Å². The Morgan fingerprint density at radius 2 is 1.85 bits per heavy atom. The molecule has 0 saturated carbocycles. The van der Waals surface area contributed by atoms with Gasteiger partial charge in [-0.2, -0.15) is 0 Å². The van der Waals surface area contributed by atoms with Crippen LogP contribution in [-0.4, -0.2) is 33.5 Å². The highest BCUT2D eigenvalue weighted by molar-refractivity contribution is 7.99. The molecule has 2 aromatic carbocycles. The zero-order valence-electron chi connectivity index (χ0n) is 14.7. The van der Waals surface area contributed by atoms with Gasteiger partial charge in [-0.15, -0.1) is 10.2 Å². The van der Waals surface area contributed by atoms with Crippen LogP contribution in [0.15, 0.2) is 59.8 Å². The molecule has 3 aromatic rings. The average molecular weight is 368 g/mol. The third-order valence-corrected chi connectivity index (χ3v) is 4.82. The smallest absolute Gasteiger partial charge is 0.225 e. The van der Waals surface area contributed by atoms with Crippen molar-refractivity contribution in [3.05, 3.63) is 54.6 Å². The van der Waals surface area contributed by atoms with E-state index in [0.29, 0.717) is 12.2 Å². The summed E-state index contributed by atoms with van der Waals surface area (Å²) in [5, 5.41) is 12.1. The van der Waals surface area contributed by atoms with Crippen LogP contribution in [0.5, 0.6) is 5.75 Å². The Morgan fingerprint density at radius 1 is 1.12 bits per heavy atom. The van der Waals surface area contributed by atoms with Crippen molar-refractivity contribution in [2.24, 2.45) is 7.05 Å². The van der Waals surface area contributed by atoms with Crippen molar-refractivity contribution in [3.8, 4) is 17.1 Å². The summed E-state index contributed by atoms with van der Waals surface area (Å²) in [5.41, 5.74) is 1.78. The minimum absolute atomic E-state index is 0.0127. The number of benzene rings is 2. The first-order valence-corrected chi connectivity index (χ1v) is 9.17. The van der Waals surface area contributed by atoms with Crippen LogP contribution in [0, 0.1) is 0 Å². The normalized spacial score (nSPS) is 10.5. The van der Waals surface area contributed by atoms with Gasteiger partial charge in [-0.25, -0.2) is 0 Å². The molecule has 1 heterocycles. The molecule has 0 bridgehead atoms. The van der Waals surface area contributed by atoms with Crippen LogP contribution in [0.25, 0.3) is 11.4 Å². The van der Waals surface area contributed by atoms with Crippen molar-refractivity contribution in [1.29, 1.82) is 0 Å². The van der Waals surface area contributed by atoms with E-state index < -0.39 is 0 Å². The summed E-state index contributed by atoms with van der Waals surface area (Å²) in [6, 6.07) is 17.1. The van der Waals surface area contributed by atoms with Crippen molar-refractivity contribution in [3.63, 3.8) is 0 Å². The maximum absolute atomic E-state index is 12.0. The van der Waals surface area contributed by atoms with E-state index in [1.807, 2.05) is 66.2 Å². The van der Waals surface area contributed by atoms with Crippen molar-refractivity contribution in [2.45, 2.75) is 11.6 Å². The van der Waals surface area contributed by atoms with Crippen LogP contribution in [0.2, 0.25) is 0 Å². The summed E-state index contributed by atoms with van der Waals surface area (Å²) in [6.07, 6.45) is 0.407. The first kappa shape index (κ1) is 18.0. The van der Waals surface area contributed by atoms with E-state index in [2.05, 4.69) is 15.5 Å². The van der Waals surface area contributed by atoms with Gasteiger partial charge >= 0.3 is 0 Å². The van der Waals surface area contributed by atoms with Crippen molar-refractivity contribution in [2.75, 3.05) is 18.2 Å². The second-order valence-electron chi connectivity index (χ2n) is 5.61. The first-order valence-electron chi connectivity index (χ1n) is 8.19. The molecule has 0 atom stereocenters. The molecule has 0 fully saturated rings. The predicted octanol–water partition coefficient (Wildman–Crippen LogP) is 3.61. The van der Waals surface area contributed by atoms with Gasteiger partial charge in [-0.1, -0.05) is 30.0 Å². The van der Waals surface area contributed by atoms with E-state index in [9.17, 15) is 4.79 Å². The topological polar surface area (TPSA) is 69.0 Å². The highest BCUT2D eigenvalue weighted by atomic mass is 32.2. The number of nitrogens with one attached hydrogen (secondary N) is 1. The summed E-state index contributed by atoms with van der Waals surface area (Å²) in [7, 11) is 3.56. The van der Waals surface area contributed by atoms with Gasteiger partial charge in [0.2, 0.25) is 5.91 Å². The Balaban J connectivity index is 1.55. The Bertz CT molecular complexity index is 863. The molecule has 0 radical (unpaired) electrons. The highest BCUT2D eigenvalue weighted by Crippen LogP contribution is 2.24. The molecule has 0 unspecified atom stereocenters. The quantitative estimate of drug-likeness (QED) is 0.645. The van der Waals surface area contributed by atoms with E-state index in [-0.39, 0.29) is 5.91 Å². The van der Waals surface area contributed by atoms with Crippen LogP contribution in [0.3, 0.4) is 0 Å². The number of thioether (sulfide) groups is 1. The van der Waals surface area contributed by atoms with E-state index in [0.717, 1.165) is 28.0 Å². The van der Waals surface area contributed by atoms with Gasteiger partial charge in [0.1, 0.15) is 5.75 Å². The highest BCUT2D eigenvalue weighted by Gasteiger charge is 2.12. The average Bonchev–Trinajstić information content (AvgIpc) is 3.03. The number of hydrogen-bond donors (Lipinski definition) is 1. The van der Waals surface area contributed by atoms with Gasteiger partial charge in [-0.3, -0.25) is 4.79 Å². The number of carbonyl (C=O) groups excluding carboxylic acids is 1. The Kier molecular flexibility index (Phi) is 5.91. The van der Waals surface area contributed by atoms with Crippen LogP contribution in [0.1, 0.15) is 6.42 Å². The second-order valence-corrected chi connectivity index (χ2v) is 6.67. The molecule has 0 saturated heterocycles. The maximum atomic E-state index is 12.0. The number of nitrogens with zero attached hydrogens (tertiary/aromatic N) is 3. The van der Waals surface area contributed by atoms with Gasteiger partial charge in [0.05, 0.1) is 7.11 Å². The van der Waals surface area contributed by atoms with E-state index in [1.54, 1.807) is 7.11 Å². The summed E-state index contributed by atoms with van der Waals surface area (Å²) in [6.45, 7) is 0. The molecular formula is C19H20N4O2S. The number of rotatable bonds is 7. The molecule has 1 N–H and O–H groups in total. The van der Waals surface area contributed by atoms with E-state index in [4.69, 9.17) is 4.74 Å². The molecule has 134 valence electrons. The number of ether oxygens (including phenoxy) is 1. The largest absolute Gasteiger partial charge is 0.497 e. The van der Waals surface area contributed by atoms with Crippen LogP contribution < -0.4 is 10.1 Å².